The average Bonchev–Trinajstić information content (AvgIpc) is 3.15. The van der Waals surface area contributed by atoms with Crippen molar-refractivity contribution in [2.45, 2.75) is 27.4 Å². The molecule has 186 valence electrons. The van der Waals surface area contributed by atoms with Gasteiger partial charge < -0.3 is 19.9 Å². The number of benzene rings is 2. The molecule has 7 nitrogen and oxygen atoms in total. The van der Waals surface area contributed by atoms with E-state index >= 15 is 0 Å². The van der Waals surface area contributed by atoms with Crippen LogP contribution in [0.4, 0.5) is 13.2 Å². The molecule has 0 spiro atoms. The summed E-state index contributed by atoms with van der Waals surface area (Å²) in [5, 5.41) is 0.143. The molecule has 0 aliphatic heterocycles. The first-order valence-corrected chi connectivity index (χ1v) is 11.2. The SMILES string of the molecule is CC(C)(C)C(=O)OCOC(=O)c1sc2c(F)ccc(Cl)c2c1COc1c(F)cc(C(N)=O)cc1F. The van der Waals surface area contributed by atoms with Crippen molar-refractivity contribution in [3.8, 4) is 5.75 Å². The molecule has 0 radical (unpaired) electrons. The Balaban J connectivity index is 1.93. The molecule has 0 atom stereocenters. The van der Waals surface area contributed by atoms with Crippen molar-refractivity contribution < 1.29 is 41.8 Å². The summed E-state index contributed by atoms with van der Waals surface area (Å²) in [4.78, 5) is 35.6. The summed E-state index contributed by atoms with van der Waals surface area (Å²) < 4.78 is 58.3. The van der Waals surface area contributed by atoms with E-state index in [-0.39, 0.29) is 25.5 Å². The minimum atomic E-state index is -1.21. The largest absolute Gasteiger partial charge is 0.483 e. The van der Waals surface area contributed by atoms with E-state index in [1.807, 2.05) is 0 Å². The summed E-state index contributed by atoms with van der Waals surface area (Å²) in [7, 11) is 0. The molecule has 2 aromatic carbocycles. The second kappa shape index (κ2) is 10.1. The van der Waals surface area contributed by atoms with Gasteiger partial charge in [0.2, 0.25) is 12.7 Å². The minimum Gasteiger partial charge on any atom is -0.483 e. The normalized spacial score (nSPS) is 11.4. The van der Waals surface area contributed by atoms with E-state index in [1.165, 1.54) is 6.07 Å². The lowest BCUT2D eigenvalue weighted by atomic mass is 9.98. The number of hydrogen-bond acceptors (Lipinski definition) is 7. The maximum atomic E-state index is 14.4. The van der Waals surface area contributed by atoms with E-state index in [1.54, 1.807) is 20.8 Å². The van der Waals surface area contributed by atoms with Crippen molar-refractivity contribution in [1.82, 2.24) is 0 Å². The highest BCUT2D eigenvalue weighted by Crippen LogP contribution is 2.39. The van der Waals surface area contributed by atoms with Gasteiger partial charge in [-0.2, -0.15) is 0 Å². The van der Waals surface area contributed by atoms with Gasteiger partial charge in [-0.05, 0) is 45.0 Å². The zero-order valence-corrected chi connectivity index (χ0v) is 20.2. The smallest absolute Gasteiger partial charge is 0.351 e. The number of rotatable bonds is 7. The van der Waals surface area contributed by atoms with Crippen molar-refractivity contribution in [2.75, 3.05) is 6.79 Å². The van der Waals surface area contributed by atoms with Crippen molar-refractivity contribution in [1.29, 1.82) is 0 Å². The molecule has 0 saturated heterocycles. The van der Waals surface area contributed by atoms with Gasteiger partial charge >= 0.3 is 11.9 Å². The van der Waals surface area contributed by atoms with Crippen LogP contribution in [-0.4, -0.2) is 24.6 Å². The predicted molar refractivity (Wildman–Crippen MR) is 122 cm³/mol. The van der Waals surface area contributed by atoms with Gasteiger partial charge in [0.05, 0.1) is 10.1 Å². The number of fused-ring (bicyclic) bond motifs is 1. The van der Waals surface area contributed by atoms with Gasteiger partial charge in [0.25, 0.3) is 0 Å². The van der Waals surface area contributed by atoms with E-state index in [0.29, 0.717) is 23.5 Å². The van der Waals surface area contributed by atoms with Crippen LogP contribution < -0.4 is 10.5 Å². The van der Waals surface area contributed by atoms with Gasteiger partial charge in [-0.15, -0.1) is 11.3 Å². The number of amides is 1. The first-order chi connectivity index (χ1) is 16.3. The van der Waals surface area contributed by atoms with Crippen molar-refractivity contribution >= 4 is 50.9 Å². The van der Waals surface area contributed by atoms with Crippen molar-refractivity contribution in [3.63, 3.8) is 0 Å². The zero-order valence-electron chi connectivity index (χ0n) is 18.7. The van der Waals surface area contributed by atoms with Crippen LogP contribution in [0.1, 0.15) is 46.4 Å². The molecule has 0 unspecified atom stereocenters. The third-order valence-electron chi connectivity index (χ3n) is 4.66. The van der Waals surface area contributed by atoms with E-state index in [9.17, 15) is 27.6 Å². The fraction of sp³-hybridized carbons (Fsp3) is 0.261. The van der Waals surface area contributed by atoms with Gasteiger partial charge in [-0.25, -0.2) is 18.0 Å². The Hall–Kier alpha value is -3.31. The first-order valence-electron chi connectivity index (χ1n) is 9.96. The number of carbonyl (C=O) groups excluding carboxylic acids is 3. The van der Waals surface area contributed by atoms with Crippen LogP contribution in [0.25, 0.3) is 10.1 Å². The molecule has 1 heterocycles. The van der Waals surface area contributed by atoms with Gasteiger partial charge in [-0.3, -0.25) is 9.59 Å². The zero-order chi connectivity index (χ0) is 26.1. The number of halogens is 4. The van der Waals surface area contributed by atoms with Crippen LogP contribution in [0.5, 0.6) is 5.75 Å². The summed E-state index contributed by atoms with van der Waals surface area (Å²) in [5.41, 5.74) is 3.79. The Labute approximate surface area is 206 Å². The molecular weight excluding hydrogens is 511 g/mol. The highest BCUT2D eigenvalue weighted by Gasteiger charge is 2.27. The fourth-order valence-corrected chi connectivity index (χ4v) is 4.36. The van der Waals surface area contributed by atoms with E-state index in [0.717, 1.165) is 6.07 Å². The minimum absolute atomic E-state index is 0.000532. The quantitative estimate of drug-likeness (QED) is 0.326. The van der Waals surface area contributed by atoms with Gasteiger partial charge in [0, 0.05) is 21.5 Å². The summed E-state index contributed by atoms with van der Waals surface area (Å²) in [6, 6.07) is 3.72. The summed E-state index contributed by atoms with van der Waals surface area (Å²) in [6.07, 6.45) is 0. The third-order valence-corrected chi connectivity index (χ3v) is 6.20. The lowest BCUT2D eigenvalue weighted by Crippen LogP contribution is -2.24. The number of esters is 2. The van der Waals surface area contributed by atoms with Crippen molar-refractivity contribution in [3.05, 3.63) is 62.7 Å². The van der Waals surface area contributed by atoms with Gasteiger partial charge in [0.1, 0.15) is 17.3 Å². The molecule has 2 N–H and O–H groups in total. The van der Waals surface area contributed by atoms with Crippen LogP contribution >= 0.6 is 22.9 Å². The summed E-state index contributed by atoms with van der Waals surface area (Å²) >= 11 is 6.90. The first kappa shape index (κ1) is 26.3. The highest BCUT2D eigenvalue weighted by molar-refractivity contribution is 7.21. The van der Waals surface area contributed by atoms with E-state index in [4.69, 9.17) is 31.5 Å². The van der Waals surface area contributed by atoms with Crippen molar-refractivity contribution in [2.24, 2.45) is 11.1 Å². The predicted octanol–water partition coefficient (Wildman–Crippen LogP) is 5.35. The molecular formula is C23H19ClF3NO6S. The summed E-state index contributed by atoms with van der Waals surface area (Å²) in [5.74, 6) is -6.63. The lowest BCUT2D eigenvalue weighted by molar-refractivity contribution is -0.161. The molecule has 35 heavy (non-hydrogen) atoms. The second-order valence-electron chi connectivity index (χ2n) is 8.30. The Kier molecular flexibility index (Phi) is 7.61. The Bertz CT molecular complexity index is 1310. The number of primary amides is 1. The number of carbonyl (C=O) groups is 3. The molecule has 1 aromatic heterocycles. The molecule has 0 bridgehead atoms. The van der Waals surface area contributed by atoms with Crippen LogP contribution in [0, 0.1) is 22.9 Å². The van der Waals surface area contributed by atoms with E-state index in [2.05, 4.69) is 0 Å². The second-order valence-corrected chi connectivity index (χ2v) is 9.72. The molecule has 0 aliphatic rings. The Morgan fingerprint density at radius 2 is 1.66 bits per heavy atom. The Morgan fingerprint density at radius 3 is 2.23 bits per heavy atom. The average molecular weight is 530 g/mol. The third kappa shape index (κ3) is 5.68. The lowest BCUT2D eigenvalue weighted by Gasteiger charge is -2.16. The molecule has 3 rings (SSSR count). The van der Waals surface area contributed by atoms with Crippen LogP contribution in [0.2, 0.25) is 5.02 Å². The molecule has 12 heteroatoms. The number of hydrogen-bond donors (Lipinski definition) is 1. The van der Waals surface area contributed by atoms with Crippen LogP contribution in [0.15, 0.2) is 24.3 Å². The van der Waals surface area contributed by atoms with E-state index < -0.39 is 65.4 Å². The maximum Gasteiger partial charge on any atom is 0.351 e. The van der Waals surface area contributed by atoms with Gasteiger partial charge in [0.15, 0.2) is 17.4 Å². The number of nitrogens with two attached hydrogens (primary N) is 1. The van der Waals surface area contributed by atoms with Gasteiger partial charge in [-0.1, -0.05) is 11.6 Å². The van der Waals surface area contributed by atoms with Crippen LogP contribution in [0.3, 0.4) is 0 Å². The molecule has 3 aromatic rings. The summed E-state index contributed by atoms with van der Waals surface area (Å²) in [6.45, 7) is 3.50. The highest BCUT2D eigenvalue weighted by atomic mass is 35.5. The Morgan fingerprint density at radius 1 is 1.03 bits per heavy atom. The molecule has 1 amide bonds. The monoisotopic (exact) mass is 529 g/mol. The fourth-order valence-electron chi connectivity index (χ4n) is 2.90. The molecule has 0 fully saturated rings. The number of thiophene rings is 1. The topological polar surface area (TPSA) is 105 Å². The maximum absolute atomic E-state index is 14.4. The van der Waals surface area contributed by atoms with Crippen LogP contribution in [-0.2, 0) is 20.9 Å². The molecule has 0 aliphatic carbocycles. The standard InChI is InChI=1S/C23H19ClF3NO6S/c1-23(2,3)22(31)34-9-33-21(30)18-11(16-12(24)4-5-13(25)19(16)35-18)8-32-17-14(26)6-10(20(28)29)7-15(17)27/h4-7H,8-9H2,1-3H3,(H2,28,29). The number of ether oxygens (including phenoxy) is 3. The molecule has 0 saturated carbocycles.